The van der Waals surface area contributed by atoms with Crippen LogP contribution in [0.25, 0.3) is 0 Å². The number of nitrogens with zero attached hydrogens (tertiary/aromatic N) is 1. The van der Waals surface area contributed by atoms with Gasteiger partial charge in [0.2, 0.25) is 5.91 Å². The van der Waals surface area contributed by atoms with Crippen LogP contribution in [0.5, 0.6) is 5.75 Å². The van der Waals surface area contributed by atoms with Crippen LogP contribution in [0.3, 0.4) is 0 Å². The lowest BCUT2D eigenvalue weighted by molar-refractivity contribution is -0.132. The summed E-state index contributed by atoms with van der Waals surface area (Å²) in [4.78, 5) is 14.0. The maximum Gasteiger partial charge on any atom is 0.225 e. The molecule has 0 heterocycles. The van der Waals surface area contributed by atoms with Crippen molar-refractivity contribution in [1.82, 2.24) is 4.90 Å². The van der Waals surface area contributed by atoms with Gasteiger partial charge in [0.25, 0.3) is 0 Å². The van der Waals surface area contributed by atoms with Gasteiger partial charge in [-0.1, -0.05) is 12.1 Å². The van der Waals surface area contributed by atoms with E-state index in [1.807, 2.05) is 31.0 Å². The van der Waals surface area contributed by atoms with Crippen molar-refractivity contribution < 1.29 is 9.53 Å². The number of amides is 1. The largest absolute Gasteiger partial charge is 0.493 e. The van der Waals surface area contributed by atoms with Gasteiger partial charge >= 0.3 is 0 Å². The molecular weight excluding hydrogens is 250 g/mol. The van der Waals surface area contributed by atoms with Crippen LogP contribution in [0.2, 0.25) is 0 Å². The van der Waals surface area contributed by atoms with Crippen LogP contribution >= 0.6 is 0 Å². The van der Waals surface area contributed by atoms with E-state index in [1.165, 1.54) is 18.4 Å². The van der Waals surface area contributed by atoms with Gasteiger partial charge in [0.05, 0.1) is 13.0 Å². The summed E-state index contributed by atoms with van der Waals surface area (Å²) in [6.07, 6.45) is 2.97. The predicted molar refractivity (Wildman–Crippen MR) is 81.0 cm³/mol. The predicted octanol–water partition coefficient (Wildman–Crippen LogP) is 3.33. The van der Waals surface area contributed by atoms with Gasteiger partial charge in [-0.3, -0.25) is 4.79 Å². The van der Waals surface area contributed by atoms with E-state index in [4.69, 9.17) is 4.74 Å². The quantitative estimate of drug-likeness (QED) is 0.797. The van der Waals surface area contributed by atoms with Crippen molar-refractivity contribution in [3.63, 3.8) is 0 Å². The van der Waals surface area contributed by atoms with E-state index in [1.54, 1.807) is 0 Å². The number of hydrogen-bond acceptors (Lipinski definition) is 2. The van der Waals surface area contributed by atoms with Gasteiger partial charge in [-0.25, -0.2) is 0 Å². The molecule has 0 spiro atoms. The van der Waals surface area contributed by atoms with Crippen molar-refractivity contribution >= 4 is 5.91 Å². The number of rotatable bonds is 6. The zero-order valence-electron chi connectivity index (χ0n) is 13.0. The third kappa shape index (κ3) is 3.53. The van der Waals surface area contributed by atoms with Gasteiger partial charge in [-0.15, -0.1) is 0 Å². The lowest BCUT2D eigenvalue weighted by Gasteiger charge is -2.25. The van der Waals surface area contributed by atoms with Crippen molar-refractivity contribution in [2.75, 3.05) is 13.7 Å². The van der Waals surface area contributed by atoms with Gasteiger partial charge in [0.15, 0.2) is 0 Å². The molecule has 0 N–H and O–H groups in total. The summed E-state index contributed by atoms with van der Waals surface area (Å²) in [6, 6.07) is 6.38. The minimum Gasteiger partial charge on any atom is -0.493 e. The second kappa shape index (κ2) is 6.29. The zero-order valence-corrected chi connectivity index (χ0v) is 13.0. The molecule has 0 saturated heterocycles. The summed E-state index contributed by atoms with van der Waals surface area (Å²) in [7, 11) is 1.91. The maximum atomic E-state index is 12.1. The Labute approximate surface area is 121 Å². The molecule has 1 saturated carbocycles. The average Bonchev–Trinajstić information content (AvgIpc) is 3.26. The first-order valence-corrected chi connectivity index (χ1v) is 7.45. The number of carbonyl (C=O) groups excluding carboxylic acids is 1. The normalized spacial score (nSPS) is 15.8. The monoisotopic (exact) mass is 275 g/mol. The molecule has 110 valence electrons. The number of ether oxygens (including phenoxy) is 1. The number of aryl methyl sites for hydroxylation is 1. The Hall–Kier alpha value is -1.51. The first kappa shape index (κ1) is 14.9. The molecule has 1 aliphatic carbocycles. The third-order valence-electron chi connectivity index (χ3n) is 4.44. The summed E-state index contributed by atoms with van der Waals surface area (Å²) in [5, 5.41) is 0. The minimum atomic E-state index is 0.176. The molecule has 1 aromatic carbocycles. The average molecular weight is 275 g/mol. The molecule has 1 amide bonds. The van der Waals surface area contributed by atoms with Gasteiger partial charge in [0, 0.05) is 13.1 Å². The Morgan fingerprint density at radius 2 is 2.10 bits per heavy atom. The number of hydrogen-bond donors (Lipinski definition) is 0. The van der Waals surface area contributed by atoms with Crippen LogP contribution in [-0.4, -0.2) is 30.5 Å². The first-order valence-electron chi connectivity index (χ1n) is 7.45. The summed E-state index contributed by atoms with van der Waals surface area (Å²) >= 11 is 0. The van der Waals surface area contributed by atoms with Crippen molar-refractivity contribution in [3.05, 3.63) is 29.3 Å². The van der Waals surface area contributed by atoms with E-state index in [2.05, 4.69) is 19.9 Å². The Morgan fingerprint density at radius 1 is 1.40 bits per heavy atom. The van der Waals surface area contributed by atoms with Crippen LogP contribution in [0, 0.1) is 19.8 Å². The van der Waals surface area contributed by atoms with E-state index >= 15 is 0 Å². The van der Waals surface area contributed by atoms with E-state index < -0.39 is 0 Å². The summed E-state index contributed by atoms with van der Waals surface area (Å²) in [5.74, 6) is 1.77. The second-order valence-electron chi connectivity index (χ2n) is 5.88. The summed E-state index contributed by atoms with van der Waals surface area (Å²) in [5.41, 5.74) is 2.37. The molecule has 0 aliphatic heterocycles. The lowest BCUT2D eigenvalue weighted by atomic mass is 10.1. The highest BCUT2D eigenvalue weighted by Crippen LogP contribution is 2.34. The molecule has 1 fully saturated rings. The van der Waals surface area contributed by atoms with Crippen molar-refractivity contribution in [1.29, 1.82) is 0 Å². The van der Waals surface area contributed by atoms with Crippen LogP contribution in [0.4, 0.5) is 0 Å². The molecule has 3 nitrogen and oxygen atoms in total. The SMILES string of the molecule is Cc1cccc(OCCC(=O)N(C)C(C)C2CC2)c1C. The molecule has 3 heteroatoms. The lowest BCUT2D eigenvalue weighted by Crippen LogP contribution is -2.37. The number of benzene rings is 1. The third-order valence-corrected chi connectivity index (χ3v) is 4.44. The number of carbonyl (C=O) groups is 1. The maximum absolute atomic E-state index is 12.1. The van der Waals surface area contributed by atoms with E-state index in [9.17, 15) is 4.79 Å². The van der Waals surface area contributed by atoms with Crippen LogP contribution in [-0.2, 0) is 4.79 Å². The van der Waals surface area contributed by atoms with Gasteiger partial charge in [0.1, 0.15) is 5.75 Å². The van der Waals surface area contributed by atoms with Gasteiger partial charge < -0.3 is 9.64 Å². The highest BCUT2D eigenvalue weighted by atomic mass is 16.5. The molecule has 1 atom stereocenters. The molecule has 0 bridgehead atoms. The molecule has 0 radical (unpaired) electrons. The topological polar surface area (TPSA) is 29.5 Å². The minimum absolute atomic E-state index is 0.176. The standard InChI is InChI=1S/C17H25NO2/c1-12-6-5-7-16(13(12)2)20-11-10-17(19)18(4)14(3)15-8-9-15/h5-7,14-15H,8-11H2,1-4H3. The smallest absolute Gasteiger partial charge is 0.225 e. The fourth-order valence-electron chi connectivity index (χ4n) is 2.43. The van der Waals surface area contributed by atoms with Gasteiger partial charge in [-0.05, 0) is 56.7 Å². The summed E-state index contributed by atoms with van der Waals surface area (Å²) in [6.45, 7) is 6.71. The second-order valence-corrected chi connectivity index (χ2v) is 5.88. The fraction of sp³-hybridized carbons (Fsp3) is 0.588. The molecule has 1 unspecified atom stereocenters. The fourth-order valence-corrected chi connectivity index (χ4v) is 2.43. The highest BCUT2D eigenvalue weighted by molar-refractivity contribution is 5.76. The Balaban J connectivity index is 1.80. The van der Waals surface area contributed by atoms with E-state index in [-0.39, 0.29) is 5.91 Å². The zero-order chi connectivity index (χ0) is 14.7. The molecule has 20 heavy (non-hydrogen) atoms. The Bertz CT molecular complexity index is 480. The summed E-state index contributed by atoms with van der Waals surface area (Å²) < 4.78 is 5.75. The Kier molecular flexibility index (Phi) is 4.69. The van der Waals surface area contributed by atoms with E-state index in [0.29, 0.717) is 25.0 Å². The molecular formula is C17H25NO2. The van der Waals surface area contributed by atoms with Gasteiger partial charge in [-0.2, -0.15) is 0 Å². The van der Waals surface area contributed by atoms with Crippen molar-refractivity contribution in [2.45, 2.75) is 46.1 Å². The van der Waals surface area contributed by atoms with Crippen molar-refractivity contribution in [2.24, 2.45) is 5.92 Å². The van der Waals surface area contributed by atoms with Crippen molar-refractivity contribution in [3.8, 4) is 5.75 Å². The molecule has 1 aromatic rings. The molecule has 1 aliphatic rings. The van der Waals surface area contributed by atoms with Crippen LogP contribution in [0.15, 0.2) is 18.2 Å². The highest BCUT2D eigenvalue weighted by Gasteiger charge is 2.32. The van der Waals surface area contributed by atoms with Crippen LogP contribution < -0.4 is 4.74 Å². The van der Waals surface area contributed by atoms with Crippen LogP contribution in [0.1, 0.15) is 37.3 Å². The molecule has 2 rings (SSSR count). The first-order chi connectivity index (χ1) is 9.50. The van der Waals surface area contributed by atoms with E-state index in [0.717, 1.165) is 11.3 Å². The Morgan fingerprint density at radius 3 is 2.75 bits per heavy atom. The molecule has 0 aromatic heterocycles.